The van der Waals surface area contributed by atoms with Gasteiger partial charge in [-0.1, -0.05) is 24.6 Å². The third kappa shape index (κ3) is 2.28. The number of carbonyl (C=O) groups is 3. The smallest absolute Gasteiger partial charge is 0.326 e. The van der Waals surface area contributed by atoms with Crippen molar-refractivity contribution in [3.63, 3.8) is 0 Å². The molecule has 1 aromatic carbocycles. The van der Waals surface area contributed by atoms with Crippen molar-refractivity contribution in [1.82, 2.24) is 9.80 Å². The monoisotopic (exact) mass is 328 g/mol. The molecule has 126 valence electrons. The van der Waals surface area contributed by atoms with Gasteiger partial charge in [0, 0.05) is 18.7 Å². The van der Waals surface area contributed by atoms with Crippen molar-refractivity contribution in [2.75, 3.05) is 13.1 Å². The predicted octanol–water partition coefficient (Wildman–Crippen LogP) is 1.35. The molecule has 4 rings (SSSR count). The molecule has 24 heavy (non-hydrogen) atoms. The summed E-state index contributed by atoms with van der Waals surface area (Å²) in [4.78, 5) is 39.8. The van der Waals surface area contributed by atoms with Crippen molar-refractivity contribution in [2.45, 2.75) is 31.8 Å². The standard InChI is InChI=1S/C18H20N2O4/c21-15(10-19-8-11-4-1-2-6-14(11)17(19)22)20-9-12-5-3-7-13(12)16(20)18(23)24/h1-2,4,6,12-13,16H,3,5,7-10H2,(H,23,24). The first-order chi connectivity index (χ1) is 11.6. The number of rotatable bonds is 3. The summed E-state index contributed by atoms with van der Waals surface area (Å²) in [5.74, 6) is -0.962. The van der Waals surface area contributed by atoms with Gasteiger partial charge >= 0.3 is 5.97 Å². The molecule has 1 N–H and O–H groups in total. The number of benzene rings is 1. The quantitative estimate of drug-likeness (QED) is 0.909. The van der Waals surface area contributed by atoms with Gasteiger partial charge in [0.2, 0.25) is 5.91 Å². The second-order valence-corrected chi connectivity index (χ2v) is 7.00. The number of hydrogen-bond donors (Lipinski definition) is 1. The van der Waals surface area contributed by atoms with Crippen molar-refractivity contribution in [2.24, 2.45) is 11.8 Å². The summed E-state index contributed by atoms with van der Waals surface area (Å²) >= 11 is 0. The molecule has 6 nitrogen and oxygen atoms in total. The lowest BCUT2D eigenvalue weighted by atomic mass is 9.94. The van der Waals surface area contributed by atoms with Gasteiger partial charge in [0.05, 0.1) is 0 Å². The van der Waals surface area contributed by atoms with Crippen molar-refractivity contribution in [3.05, 3.63) is 35.4 Å². The summed E-state index contributed by atoms with van der Waals surface area (Å²) in [6.07, 6.45) is 2.91. The summed E-state index contributed by atoms with van der Waals surface area (Å²) < 4.78 is 0. The van der Waals surface area contributed by atoms with Crippen LogP contribution in [0, 0.1) is 11.8 Å². The normalized spacial score (nSPS) is 28.2. The Bertz CT molecular complexity index is 717. The van der Waals surface area contributed by atoms with Crippen molar-refractivity contribution in [1.29, 1.82) is 0 Å². The Kier molecular flexibility index (Phi) is 3.55. The van der Waals surface area contributed by atoms with Gasteiger partial charge in [-0.15, -0.1) is 0 Å². The number of hydrogen-bond acceptors (Lipinski definition) is 3. The van der Waals surface area contributed by atoms with E-state index in [4.69, 9.17) is 0 Å². The second-order valence-electron chi connectivity index (χ2n) is 7.00. The predicted molar refractivity (Wildman–Crippen MR) is 85.2 cm³/mol. The van der Waals surface area contributed by atoms with Gasteiger partial charge in [-0.25, -0.2) is 4.79 Å². The molecule has 2 amide bonds. The lowest BCUT2D eigenvalue weighted by Gasteiger charge is -2.26. The number of nitrogens with zero attached hydrogens (tertiary/aromatic N) is 2. The highest BCUT2D eigenvalue weighted by molar-refractivity contribution is 6.00. The molecule has 2 aliphatic heterocycles. The molecule has 3 aliphatic rings. The molecule has 1 aromatic rings. The topological polar surface area (TPSA) is 77.9 Å². The average Bonchev–Trinajstić information content (AvgIpc) is 3.21. The van der Waals surface area contributed by atoms with E-state index < -0.39 is 12.0 Å². The molecule has 3 atom stereocenters. The Morgan fingerprint density at radius 3 is 2.75 bits per heavy atom. The third-order valence-corrected chi connectivity index (χ3v) is 5.69. The van der Waals surface area contributed by atoms with E-state index in [1.165, 1.54) is 9.80 Å². The molecule has 0 spiro atoms. The number of aliphatic carboxylic acids is 1. The zero-order chi connectivity index (χ0) is 16.8. The number of carboxylic acids is 1. The van der Waals surface area contributed by atoms with Crippen molar-refractivity contribution >= 4 is 17.8 Å². The average molecular weight is 328 g/mol. The van der Waals surface area contributed by atoms with Crippen molar-refractivity contribution < 1.29 is 19.5 Å². The van der Waals surface area contributed by atoms with Crippen LogP contribution in [0.2, 0.25) is 0 Å². The Balaban J connectivity index is 1.49. The van der Waals surface area contributed by atoms with Crippen LogP contribution in [0.5, 0.6) is 0 Å². The first-order valence-electron chi connectivity index (χ1n) is 8.45. The number of fused-ring (bicyclic) bond motifs is 2. The van der Waals surface area contributed by atoms with E-state index in [1.807, 2.05) is 18.2 Å². The van der Waals surface area contributed by atoms with Crippen LogP contribution in [0.15, 0.2) is 24.3 Å². The Morgan fingerprint density at radius 1 is 1.21 bits per heavy atom. The molecular weight excluding hydrogens is 308 g/mol. The minimum Gasteiger partial charge on any atom is -0.480 e. The molecular formula is C18H20N2O4. The molecule has 0 radical (unpaired) electrons. The highest BCUT2D eigenvalue weighted by Gasteiger charge is 2.49. The maximum atomic E-state index is 12.7. The van der Waals surface area contributed by atoms with Crippen molar-refractivity contribution in [3.8, 4) is 0 Å². The van der Waals surface area contributed by atoms with Crippen LogP contribution in [-0.2, 0) is 16.1 Å². The Hall–Kier alpha value is -2.37. The summed E-state index contributed by atoms with van der Waals surface area (Å²) in [5, 5.41) is 9.56. The Morgan fingerprint density at radius 2 is 2.00 bits per heavy atom. The first kappa shape index (κ1) is 15.2. The zero-order valence-corrected chi connectivity index (χ0v) is 13.4. The fourth-order valence-electron chi connectivity index (χ4n) is 4.58. The number of likely N-dealkylation sites (tertiary alicyclic amines) is 1. The molecule has 0 bridgehead atoms. The molecule has 1 aliphatic carbocycles. The van der Waals surface area contributed by atoms with Gasteiger partial charge in [0.25, 0.3) is 5.91 Å². The van der Waals surface area contributed by atoms with E-state index in [1.54, 1.807) is 6.07 Å². The largest absolute Gasteiger partial charge is 0.480 e. The Labute approximate surface area is 140 Å². The lowest BCUT2D eigenvalue weighted by molar-refractivity contribution is -0.149. The van der Waals surface area contributed by atoms with Crippen LogP contribution in [-0.4, -0.2) is 51.8 Å². The van der Waals surface area contributed by atoms with Gasteiger partial charge in [0.15, 0.2) is 0 Å². The minimum atomic E-state index is -0.922. The molecule has 0 aromatic heterocycles. The number of carboxylic acid groups (broad SMARTS) is 1. The first-order valence-corrected chi connectivity index (χ1v) is 8.45. The zero-order valence-electron chi connectivity index (χ0n) is 13.4. The SMILES string of the molecule is O=C(O)C1C2CCCC2CN1C(=O)CN1Cc2ccccc2C1=O. The highest BCUT2D eigenvalue weighted by atomic mass is 16.4. The van der Waals surface area contributed by atoms with Gasteiger partial charge in [-0.2, -0.15) is 0 Å². The summed E-state index contributed by atoms with van der Waals surface area (Å²) in [7, 11) is 0. The van der Waals surface area contributed by atoms with Gasteiger partial charge in [0.1, 0.15) is 12.6 Å². The van der Waals surface area contributed by atoms with E-state index in [0.29, 0.717) is 24.6 Å². The number of carbonyl (C=O) groups excluding carboxylic acids is 2. The van der Waals surface area contributed by atoms with E-state index in [9.17, 15) is 19.5 Å². The second kappa shape index (κ2) is 5.61. The van der Waals surface area contributed by atoms with Crippen LogP contribution in [0.4, 0.5) is 0 Å². The molecule has 1 saturated heterocycles. The van der Waals surface area contributed by atoms with Crippen LogP contribution < -0.4 is 0 Å². The summed E-state index contributed by atoms with van der Waals surface area (Å²) in [6.45, 7) is 0.880. The molecule has 2 heterocycles. The molecule has 3 unspecified atom stereocenters. The summed E-state index contributed by atoms with van der Waals surface area (Å²) in [6, 6.07) is 6.61. The van der Waals surface area contributed by atoms with Crippen LogP contribution in [0.25, 0.3) is 0 Å². The maximum Gasteiger partial charge on any atom is 0.326 e. The summed E-state index contributed by atoms with van der Waals surface area (Å²) in [5.41, 5.74) is 1.56. The third-order valence-electron chi connectivity index (χ3n) is 5.69. The number of amides is 2. The van der Waals surface area contributed by atoms with Gasteiger partial charge in [-0.3, -0.25) is 9.59 Å². The lowest BCUT2D eigenvalue weighted by Crippen LogP contribution is -2.47. The van der Waals surface area contributed by atoms with E-state index >= 15 is 0 Å². The van der Waals surface area contributed by atoms with Crippen LogP contribution in [0.1, 0.15) is 35.2 Å². The molecule has 2 fully saturated rings. The van der Waals surface area contributed by atoms with E-state index in [2.05, 4.69) is 0 Å². The highest BCUT2D eigenvalue weighted by Crippen LogP contribution is 2.42. The fourth-order valence-corrected chi connectivity index (χ4v) is 4.58. The van der Waals surface area contributed by atoms with Gasteiger partial charge in [-0.05, 0) is 36.3 Å². The van der Waals surface area contributed by atoms with Crippen LogP contribution in [0.3, 0.4) is 0 Å². The van der Waals surface area contributed by atoms with Crippen LogP contribution >= 0.6 is 0 Å². The van der Waals surface area contributed by atoms with E-state index in [-0.39, 0.29) is 24.3 Å². The molecule has 6 heteroatoms. The maximum absolute atomic E-state index is 12.7. The fraction of sp³-hybridized carbons (Fsp3) is 0.500. The van der Waals surface area contributed by atoms with Gasteiger partial charge < -0.3 is 14.9 Å². The van der Waals surface area contributed by atoms with E-state index in [0.717, 1.165) is 24.8 Å². The molecule has 1 saturated carbocycles. The minimum absolute atomic E-state index is 0.0449.